The summed E-state index contributed by atoms with van der Waals surface area (Å²) in [6, 6.07) is -2.18. The van der Waals surface area contributed by atoms with E-state index < -0.39 is 35.8 Å². The Bertz CT molecular complexity index is 856. The fourth-order valence-corrected chi connectivity index (χ4v) is 2.47. The van der Waals surface area contributed by atoms with Gasteiger partial charge in [0, 0.05) is 50.7 Å². The molecule has 33 heavy (non-hydrogen) atoms. The molecule has 0 unspecified atom stereocenters. The topological polar surface area (TPSA) is 226 Å². The van der Waals surface area contributed by atoms with E-state index in [1.807, 2.05) is 0 Å². The molecule has 0 bridgehead atoms. The molecule has 0 saturated carbocycles. The Kier molecular flexibility index (Phi) is 13.3. The van der Waals surface area contributed by atoms with Gasteiger partial charge >= 0.3 is 17.1 Å². The number of carboxylic acid groups (broad SMARTS) is 2. The summed E-state index contributed by atoms with van der Waals surface area (Å²) in [4.78, 5) is 51.3. The van der Waals surface area contributed by atoms with Crippen molar-refractivity contribution in [1.82, 2.24) is 29.7 Å². The minimum atomic E-state index is -1.34. The SMILES string of the molecule is Cn1cncc1C[C@H](NC(=O)CN)C(=O)[O-].Cn1cncc1C[C@H](NC(=O)CN)C(=O)[O-].[Cu+2]. The van der Waals surface area contributed by atoms with Gasteiger partial charge in [-0.05, 0) is 0 Å². The standard InChI is InChI=1S/2C9H14N4O3.Cu/c2*1-13-5-11-4-6(13)2-7(9(15)16)12-8(14)3-10;/h2*4-5,7H,2-3,10H2,1H3,(H,12,14)(H,15,16);/q;;+2/p-2/t2*7-;/m00./s1. The third-order valence-electron chi connectivity index (χ3n) is 4.27. The van der Waals surface area contributed by atoms with Gasteiger partial charge in [0.25, 0.3) is 0 Å². The number of carbonyl (C=O) groups excluding carboxylic acids is 4. The van der Waals surface area contributed by atoms with Crippen molar-refractivity contribution in [3.05, 3.63) is 36.4 Å². The smallest absolute Gasteiger partial charge is 0.548 e. The Morgan fingerprint density at radius 2 is 1.18 bits per heavy atom. The van der Waals surface area contributed by atoms with Crippen molar-refractivity contribution < 1.29 is 46.5 Å². The molecule has 2 heterocycles. The zero-order valence-corrected chi connectivity index (χ0v) is 18.9. The van der Waals surface area contributed by atoms with Crippen LogP contribution in [0.2, 0.25) is 0 Å². The van der Waals surface area contributed by atoms with E-state index in [9.17, 15) is 29.4 Å². The van der Waals surface area contributed by atoms with Crippen LogP contribution < -0.4 is 32.3 Å². The molecule has 2 rings (SSSR count). The Morgan fingerprint density at radius 3 is 1.39 bits per heavy atom. The third-order valence-corrected chi connectivity index (χ3v) is 4.27. The van der Waals surface area contributed by atoms with Gasteiger partial charge in [-0.25, -0.2) is 9.97 Å². The predicted molar refractivity (Wildman–Crippen MR) is 106 cm³/mol. The zero-order chi connectivity index (χ0) is 24.3. The van der Waals surface area contributed by atoms with Gasteiger partial charge in [-0.1, -0.05) is 0 Å². The van der Waals surface area contributed by atoms with Crippen molar-refractivity contribution in [2.45, 2.75) is 24.9 Å². The Labute approximate surface area is 200 Å². The molecule has 2 aromatic rings. The molecule has 2 atom stereocenters. The van der Waals surface area contributed by atoms with E-state index in [4.69, 9.17) is 11.5 Å². The molecule has 14 nitrogen and oxygen atoms in total. The maximum atomic E-state index is 11.0. The monoisotopic (exact) mass is 513 g/mol. The zero-order valence-electron chi connectivity index (χ0n) is 18.0. The van der Waals surface area contributed by atoms with Gasteiger partial charge in [0.2, 0.25) is 11.8 Å². The Balaban J connectivity index is 0.000000602. The third kappa shape index (κ3) is 10.3. The number of hydrogen-bond acceptors (Lipinski definition) is 10. The van der Waals surface area contributed by atoms with Gasteiger partial charge in [0.05, 0.1) is 49.8 Å². The molecule has 1 radical (unpaired) electrons. The quantitative estimate of drug-likeness (QED) is 0.220. The van der Waals surface area contributed by atoms with E-state index in [2.05, 4.69) is 20.6 Å². The van der Waals surface area contributed by atoms with Gasteiger partial charge in [0.1, 0.15) is 0 Å². The molecular formula is C18H26CuN8O6. The Hall–Kier alpha value is -3.26. The summed E-state index contributed by atoms with van der Waals surface area (Å²) in [6.45, 7) is -0.510. The van der Waals surface area contributed by atoms with Crippen molar-refractivity contribution in [1.29, 1.82) is 0 Å². The molecule has 0 saturated heterocycles. The molecule has 0 fully saturated rings. The molecule has 0 aliphatic heterocycles. The van der Waals surface area contributed by atoms with Gasteiger partial charge in [-0.15, -0.1) is 0 Å². The minimum absolute atomic E-state index is 0. The summed E-state index contributed by atoms with van der Waals surface area (Å²) < 4.78 is 3.34. The van der Waals surface area contributed by atoms with E-state index in [1.165, 1.54) is 12.4 Å². The number of nitrogens with two attached hydrogens (primary N) is 2. The first-order chi connectivity index (χ1) is 15.1. The largest absolute Gasteiger partial charge is 2.00 e. The van der Waals surface area contributed by atoms with Crippen molar-refractivity contribution in [3.8, 4) is 0 Å². The number of carboxylic acids is 2. The van der Waals surface area contributed by atoms with E-state index in [-0.39, 0.29) is 43.0 Å². The van der Waals surface area contributed by atoms with E-state index >= 15 is 0 Å². The molecule has 6 N–H and O–H groups in total. The summed E-state index contributed by atoms with van der Waals surface area (Å²) in [5.74, 6) is -3.75. The molecule has 0 aliphatic rings. The second kappa shape index (κ2) is 14.7. The van der Waals surface area contributed by atoms with E-state index in [0.29, 0.717) is 11.4 Å². The van der Waals surface area contributed by atoms with Crippen LogP contribution in [0.4, 0.5) is 0 Å². The van der Waals surface area contributed by atoms with E-state index in [1.54, 1.807) is 35.9 Å². The van der Waals surface area contributed by atoms with Gasteiger partial charge in [0.15, 0.2) is 0 Å². The maximum absolute atomic E-state index is 11.0. The number of rotatable bonds is 10. The van der Waals surface area contributed by atoms with Crippen LogP contribution in [0, 0.1) is 0 Å². The second-order valence-corrected chi connectivity index (χ2v) is 6.69. The van der Waals surface area contributed by atoms with Crippen molar-refractivity contribution in [2.75, 3.05) is 13.1 Å². The summed E-state index contributed by atoms with van der Waals surface area (Å²) in [5.41, 5.74) is 11.5. The summed E-state index contributed by atoms with van der Waals surface area (Å²) >= 11 is 0. The second-order valence-electron chi connectivity index (χ2n) is 6.69. The van der Waals surface area contributed by atoms with E-state index in [0.717, 1.165) is 0 Å². The summed E-state index contributed by atoms with van der Waals surface area (Å²) in [5, 5.41) is 26.1. The minimum Gasteiger partial charge on any atom is -0.548 e. The normalized spacial score (nSPS) is 11.8. The van der Waals surface area contributed by atoms with Crippen molar-refractivity contribution >= 4 is 23.8 Å². The number of hydrogen-bond donors (Lipinski definition) is 4. The first-order valence-electron chi connectivity index (χ1n) is 9.39. The van der Waals surface area contributed by atoms with Gasteiger partial charge in [-0.3, -0.25) is 9.59 Å². The number of imidazole rings is 2. The fraction of sp³-hybridized carbons (Fsp3) is 0.444. The van der Waals surface area contributed by atoms with Crippen LogP contribution in [-0.2, 0) is 63.2 Å². The molecule has 2 aromatic heterocycles. The van der Waals surface area contributed by atoms with Gasteiger partial charge in [-0.2, -0.15) is 0 Å². The number of nitrogens with zero attached hydrogens (tertiary/aromatic N) is 4. The van der Waals surface area contributed by atoms with Crippen molar-refractivity contribution in [3.63, 3.8) is 0 Å². The van der Waals surface area contributed by atoms with Crippen molar-refractivity contribution in [2.24, 2.45) is 25.6 Å². The van der Waals surface area contributed by atoms with Crippen LogP contribution in [0.25, 0.3) is 0 Å². The van der Waals surface area contributed by atoms with Crippen LogP contribution >= 0.6 is 0 Å². The van der Waals surface area contributed by atoms with Crippen LogP contribution in [0.3, 0.4) is 0 Å². The van der Waals surface area contributed by atoms with Gasteiger partial charge < -0.3 is 51.0 Å². The number of amides is 2. The average Bonchev–Trinajstić information content (AvgIpc) is 3.34. The molecule has 0 aromatic carbocycles. The van der Waals surface area contributed by atoms with Crippen LogP contribution in [0.5, 0.6) is 0 Å². The van der Waals surface area contributed by atoms with Crippen LogP contribution in [0.15, 0.2) is 25.0 Å². The number of aliphatic carboxylic acids is 2. The number of aryl methyl sites for hydroxylation is 2. The first-order valence-corrected chi connectivity index (χ1v) is 9.39. The molecule has 0 aliphatic carbocycles. The molecule has 0 spiro atoms. The summed E-state index contributed by atoms with van der Waals surface area (Å²) in [6.07, 6.45) is 6.39. The fourth-order valence-electron chi connectivity index (χ4n) is 2.47. The maximum Gasteiger partial charge on any atom is 2.00 e. The molecule has 185 valence electrons. The summed E-state index contributed by atoms with van der Waals surface area (Å²) in [7, 11) is 3.47. The Morgan fingerprint density at radius 1 is 0.848 bits per heavy atom. The predicted octanol–water partition coefficient (Wildman–Crippen LogP) is -5.69. The molecular weight excluding hydrogens is 488 g/mol. The number of nitrogens with one attached hydrogen (secondary N) is 2. The first kappa shape index (κ1) is 29.7. The average molecular weight is 514 g/mol. The number of aromatic nitrogens is 4. The van der Waals surface area contributed by atoms with Crippen LogP contribution in [0.1, 0.15) is 11.4 Å². The molecule has 2 amide bonds. The molecule has 15 heteroatoms. The number of carbonyl (C=O) groups is 4. The van der Waals surface area contributed by atoms with Crippen LogP contribution in [-0.4, -0.2) is 68.0 Å².